The Hall–Kier alpha value is -8.54. The SMILES string of the molecule is c1ccc2c(c1)Sc1ccccc1N2c1ccc([Si](c2ccc(N3c4ccccc4Sc4ccccc43)cc2)(c2ccc(N3c4ccccc4Sc4ccccc43)cc2)c2ccc(N3c4ccccc4Sc4ccccc43)cc2)cc1. The van der Waals surface area contributed by atoms with E-state index in [9.17, 15) is 0 Å². The summed E-state index contributed by atoms with van der Waals surface area (Å²) in [6, 6.07) is 109. The molecule has 0 fully saturated rings. The van der Waals surface area contributed by atoms with Crippen LogP contribution in [0, 0.1) is 0 Å². The Labute approximate surface area is 490 Å². The molecule has 0 amide bonds. The molecular weight excluding hydrogens is 1080 g/mol. The lowest BCUT2D eigenvalue weighted by atomic mass is 10.2. The number of para-hydroxylation sites is 8. The third-order valence-corrected chi connectivity index (χ3v) is 25.3. The molecule has 0 unspecified atom stereocenters. The minimum Gasteiger partial charge on any atom is -0.308 e. The summed E-state index contributed by atoms with van der Waals surface area (Å²) in [5, 5.41) is 5.19. The Balaban J connectivity index is 0.914. The molecule has 4 aliphatic rings. The normalized spacial score (nSPS) is 13.6. The van der Waals surface area contributed by atoms with Crippen LogP contribution in [-0.2, 0) is 0 Å². The standard InChI is InChI=1S/C72H48N4S4Si/c1-9-25-65-57(17-1)73(58-18-2-10-26-66(58)77-65)49-33-41-53(42-34-49)81(54-43-35-50(36-44-54)74-59-19-3-11-27-67(59)78-68-28-12-4-20-60(68)74,55-45-37-51(38-46-55)75-61-21-5-13-29-69(61)79-70-30-14-6-22-62(70)75)56-47-39-52(40-48-56)76-63-23-7-15-31-71(63)80-72-32-16-8-24-64(72)76/h1-48H. The van der Waals surface area contributed by atoms with Crippen LogP contribution in [0.15, 0.2) is 330 Å². The lowest BCUT2D eigenvalue weighted by molar-refractivity contribution is 1.17. The third-order valence-electron chi connectivity index (χ3n) is 16.0. The zero-order chi connectivity index (χ0) is 53.4. The largest absolute Gasteiger partial charge is 0.308 e. The van der Waals surface area contributed by atoms with Gasteiger partial charge in [0.05, 0.1) is 45.5 Å². The molecule has 0 spiro atoms. The van der Waals surface area contributed by atoms with E-state index in [1.807, 2.05) is 47.0 Å². The molecule has 0 N–H and O–H groups in total. The smallest absolute Gasteiger partial charge is 0.179 e. The maximum absolute atomic E-state index is 3.25. The molecule has 0 aliphatic carbocycles. The van der Waals surface area contributed by atoms with E-state index in [2.05, 4.69) is 311 Å². The first-order valence-electron chi connectivity index (χ1n) is 27.2. The average molecular weight is 1130 g/mol. The van der Waals surface area contributed by atoms with Crippen molar-refractivity contribution in [3.05, 3.63) is 291 Å². The summed E-state index contributed by atoms with van der Waals surface area (Å²) in [6.45, 7) is 0. The number of anilines is 12. The van der Waals surface area contributed by atoms with Gasteiger partial charge in [0.25, 0.3) is 0 Å². The fraction of sp³-hybridized carbons (Fsp3) is 0. The number of fused-ring (bicyclic) bond motifs is 8. The van der Waals surface area contributed by atoms with Gasteiger partial charge in [0, 0.05) is 61.9 Å². The number of hydrogen-bond acceptors (Lipinski definition) is 8. The van der Waals surface area contributed by atoms with Crippen LogP contribution >= 0.6 is 47.0 Å². The summed E-state index contributed by atoms with van der Waals surface area (Å²) >= 11 is 7.37. The molecule has 81 heavy (non-hydrogen) atoms. The van der Waals surface area contributed by atoms with E-state index in [1.54, 1.807) is 0 Å². The number of hydrogen-bond donors (Lipinski definition) is 0. The second-order valence-corrected chi connectivity index (χ2v) is 28.6. The molecular formula is C72H48N4S4Si. The lowest BCUT2D eigenvalue weighted by Crippen LogP contribution is -2.74. The van der Waals surface area contributed by atoms with Crippen LogP contribution in [-0.4, -0.2) is 8.07 Å². The summed E-state index contributed by atoms with van der Waals surface area (Å²) in [6.07, 6.45) is 0. The molecule has 384 valence electrons. The molecule has 4 nitrogen and oxygen atoms in total. The van der Waals surface area contributed by atoms with Crippen LogP contribution in [0.25, 0.3) is 0 Å². The highest BCUT2D eigenvalue weighted by Crippen LogP contribution is 2.55. The Morgan fingerprint density at radius 1 is 0.173 bits per heavy atom. The molecule has 0 bridgehead atoms. The highest BCUT2D eigenvalue weighted by molar-refractivity contribution is 8.00. The summed E-state index contributed by atoms with van der Waals surface area (Å²) in [7, 11) is -3.25. The number of nitrogens with zero attached hydrogens (tertiary/aromatic N) is 4. The van der Waals surface area contributed by atoms with Crippen molar-refractivity contribution >= 4 is 144 Å². The van der Waals surface area contributed by atoms with Gasteiger partial charge < -0.3 is 19.6 Å². The van der Waals surface area contributed by atoms with Gasteiger partial charge in [0.2, 0.25) is 0 Å². The average Bonchev–Trinajstić information content (AvgIpc) is 3.72. The third kappa shape index (κ3) is 8.01. The van der Waals surface area contributed by atoms with Gasteiger partial charge >= 0.3 is 0 Å². The summed E-state index contributed by atoms with van der Waals surface area (Å²) < 4.78 is 0. The van der Waals surface area contributed by atoms with E-state index >= 15 is 0 Å². The molecule has 0 aromatic heterocycles. The van der Waals surface area contributed by atoms with Crippen molar-refractivity contribution in [1.82, 2.24) is 0 Å². The molecule has 16 rings (SSSR count). The van der Waals surface area contributed by atoms with E-state index in [1.165, 1.54) is 105 Å². The highest BCUT2D eigenvalue weighted by atomic mass is 32.2. The summed E-state index contributed by atoms with van der Waals surface area (Å²) in [5.41, 5.74) is 14.0. The molecule has 4 heterocycles. The summed E-state index contributed by atoms with van der Waals surface area (Å²) in [4.78, 5) is 19.7. The quantitative estimate of drug-likeness (QED) is 0.109. The maximum atomic E-state index is 2.45. The van der Waals surface area contributed by atoms with Crippen LogP contribution < -0.4 is 40.3 Å². The molecule has 9 heteroatoms. The van der Waals surface area contributed by atoms with Crippen LogP contribution in [0.1, 0.15) is 0 Å². The fourth-order valence-electron chi connectivity index (χ4n) is 12.4. The van der Waals surface area contributed by atoms with E-state index < -0.39 is 8.07 Å². The molecule has 0 saturated carbocycles. The molecule has 4 aliphatic heterocycles. The molecule has 0 atom stereocenters. The first kappa shape index (κ1) is 48.4. The van der Waals surface area contributed by atoms with E-state index in [4.69, 9.17) is 0 Å². The Kier molecular flexibility index (Phi) is 11.9. The second-order valence-electron chi connectivity index (χ2n) is 20.4. The van der Waals surface area contributed by atoms with E-state index in [0.717, 1.165) is 22.7 Å². The Morgan fingerprint density at radius 2 is 0.321 bits per heavy atom. The van der Waals surface area contributed by atoms with Gasteiger partial charge in [-0.2, -0.15) is 0 Å². The number of rotatable bonds is 8. The first-order valence-corrected chi connectivity index (χ1v) is 32.5. The van der Waals surface area contributed by atoms with Crippen molar-refractivity contribution in [2.45, 2.75) is 39.2 Å². The van der Waals surface area contributed by atoms with Crippen molar-refractivity contribution in [2.75, 3.05) is 19.6 Å². The fourth-order valence-corrected chi connectivity index (χ4v) is 21.3. The van der Waals surface area contributed by atoms with Gasteiger partial charge in [-0.25, -0.2) is 0 Å². The van der Waals surface area contributed by atoms with Gasteiger partial charge in [-0.15, -0.1) is 0 Å². The summed E-state index contributed by atoms with van der Waals surface area (Å²) in [5.74, 6) is 0. The van der Waals surface area contributed by atoms with Crippen LogP contribution in [0.2, 0.25) is 0 Å². The molecule has 0 radical (unpaired) electrons. The lowest BCUT2D eigenvalue weighted by Gasteiger charge is -2.38. The van der Waals surface area contributed by atoms with Gasteiger partial charge in [0.1, 0.15) is 0 Å². The minimum atomic E-state index is -3.25. The van der Waals surface area contributed by atoms with E-state index in [-0.39, 0.29) is 0 Å². The van der Waals surface area contributed by atoms with Crippen molar-refractivity contribution in [3.63, 3.8) is 0 Å². The monoisotopic (exact) mass is 1120 g/mol. The molecule has 12 aromatic rings. The number of benzene rings is 12. The second kappa shape index (κ2) is 19.9. The van der Waals surface area contributed by atoms with Gasteiger partial charge in [-0.1, -0.05) is 193 Å². The van der Waals surface area contributed by atoms with Crippen molar-refractivity contribution in [3.8, 4) is 0 Å². The first-order chi connectivity index (χ1) is 40.2. The zero-order valence-electron chi connectivity index (χ0n) is 43.6. The topological polar surface area (TPSA) is 13.0 Å². The van der Waals surface area contributed by atoms with Crippen molar-refractivity contribution in [2.24, 2.45) is 0 Å². The van der Waals surface area contributed by atoms with Crippen LogP contribution in [0.5, 0.6) is 0 Å². The van der Waals surface area contributed by atoms with E-state index in [0.29, 0.717) is 0 Å². The maximum Gasteiger partial charge on any atom is 0.179 e. The molecule has 0 saturated heterocycles. The minimum absolute atomic E-state index is 1.13. The van der Waals surface area contributed by atoms with Gasteiger partial charge in [-0.3, -0.25) is 0 Å². The predicted octanol–water partition coefficient (Wildman–Crippen LogP) is 18.8. The highest BCUT2D eigenvalue weighted by Gasteiger charge is 2.43. The predicted molar refractivity (Wildman–Crippen MR) is 345 cm³/mol. The zero-order valence-corrected chi connectivity index (χ0v) is 47.9. The van der Waals surface area contributed by atoms with Gasteiger partial charge in [-0.05, 0) is 166 Å². The Morgan fingerprint density at radius 3 is 0.481 bits per heavy atom. The van der Waals surface area contributed by atoms with Crippen LogP contribution in [0.4, 0.5) is 68.2 Å². The van der Waals surface area contributed by atoms with Crippen molar-refractivity contribution in [1.29, 1.82) is 0 Å². The van der Waals surface area contributed by atoms with Crippen LogP contribution in [0.3, 0.4) is 0 Å². The van der Waals surface area contributed by atoms with Crippen molar-refractivity contribution < 1.29 is 0 Å². The Bertz CT molecular complexity index is 3650. The molecule has 12 aromatic carbocycles. The van der Waals surface area contributed by atoms with Gasteiger partial charge in [0.15, 0.2) is 8.07 Å².